The van der Waals surface area contributed by atoms with Crippen LogP contribution in [0.4, 0.5) is 0 Å². The zero-order valence-corrected chi connectivity index (χ0v) is 50.8. The summed E-state index contributed by atoms with van der Waals surface area (Å²) in [7, 11) is 0. The Labute approximate surface area is 671 Å². The third-order valence-electron chi connectivity index (χ3n) is 17.1. The molecule has 0 aliphatic rings. The molecule has 0 N–H and O–H groups in total. The Bertz CT molecular complexity index is 10900. The molecule has 0 aliphatic heterocycles. The van der Waals surface area contributed by atoms with Crippen molar-refractivity contribution in [2.75, 3.05) is 0 Å². The minimum absolute atomic E-state index is 0.428. The SMILES string of the molecule is [2H]c1c([2H])c(-c2c3c([2H])c([2H])c([2H])c([2H])c3c(-c3c([2H])c([2H])c4oc5c([2H])c([2H])c6c([2H])c([2H])c([2H])c([2H])c6c5c4c3[2H])c3c([2H])c([2H])c([2H])c([2H])c23)c([2H])c(-c2c([2H])c([2H])c([2H])c3c2c([2H])c([2H])c2c([2H])c([2H])c([2H])c([2H])c23)c1[2H].[2H]c1c([2H])c(-c2c3c([2H])c([2H])c([2H])c([2H])c3c(-c3c([2H])c([2H])c4oc5c([2H])c([2H])c6c([2H])c([2H])c([2H])c([2H])c6c5c4c3[2H])c3c([2H])c([2H])c([2H])c([2H])c23)c([2H])c(-c2c([2H])c3c([2H])c([2H])c([2H])c([2H])c3c3c([2H])c([2H])c([2H])c([2H])c23)c1[2H]. The molecule has 0 amide bonds. The van der Waals surface area contributed by atoms with E-state index in [0.29, 0.717) is 0 Å². The average molecular weight is 1350 g/mol. The Morgan fingerprint density at radius 3 is 0.902 bits per heavy atom. The maximum Gasteiger partial charge on any atom is 0.136 e. The van der Waals surface area contributed by atoms with Gasteiger partial charge in [-0.15, -0.1) is 0 Å². The molecule has 2 heterocycles. The molecule has 472 valence electrons. The first-order chi connectivity index (χ1) is 75.6. The van der Waals surface area contributed by atoms with Gasteiger partial charge < -0.3 is 8.83 Å². The summed E-state index contributed by atoms with van der Waals surface area (Å²) in [5.41, 5.74) is -12.6. The van der Waals surface area contributed by atoms with E-state index in [9.17, 15) is 34.3 Å². The van der Waals surface area contributed by atoms with Gasteiger partial charge in [-0.1, -0.05) is 308 Å². The van der Waals surface area contributed by atoms with Crippen molar-refractivity contribution < 1.29 is 91.1 Å². The van der Waals surface area contributed by atoms with Crippen LogP contribution >= 0.6 is 0 Å². The topological polar surface area (TPSA) is 26.3 Å². The maximum atomic E-state index is 10.1. The minimum atomic E-state index is -1.14. The first-order valence-corrected chi connectivity index (χ1v) is 30.3. The molecule has 0 spiro atoms. The van der Waals surface area contributed by atoms with Crippen LogP contribution in [0.2, 0.25) is 0 Å². The summed E-state index contributed by atoms with van der Waals surface area (Å²) >= 11 is 0. The zero-order chi connectivity index (χ0) is 119. The van der Waals surface area contributed by atoms with E-state index in [1.54, 1.807) is 0 Å². The molecule has 0 atom stereocenters. The van der Waals surface area contributed by atoms with Crippen LogP contribution < -0.4 is 0 Å². The third kappa shape index (κ3) is 9.06. The van der Waals surface area contributed by atoms with Gasteiger partial charge in [-0.2, -0.15) is 0 Å². The number of furan rings is 2. The second kappa shape index (κ2) is 23.1. The monoisotopic (exact) mass is 1350 g/mol. The molecule has 102 heavy (non-hydrogen) atoms. The van der Waals surface area contributed by atoms with Crippen LogP contribution in [-0.2, 0) is 0 Å². The molecule has 0 saturated heterocycles. The highest BCUT2D eigenvalue weighted by Crippen LogP contribution is 2.50. The molecule has 0 fully saturated rings. The second-order valence-corrected chi connectivity index (χ2v) is 22.5. The van der Waals surface area contributed by atoms with E-state index >= 15 is 0 Å². The van der Waals surface area contributed by atoms with Crippen molar-refractivity contribution in [1.29, 1.82) is 0 Å². The highest BCUT2D eigenvalue weighted by atomic mass is 16.3. The lowest BCUT2D eigenvalue weighted by atomic mass is 9.85. The van der Waals surface area contributed by atoms with Crippen molar-refractivity contribution in [3.8, 4) is 66.8 Å². The normalized spacial score (nSPS) is 20.2. The van der Waals surface area contributed by atoms with Gasteiger partial charge >= 0.3 is 0 Å². The van der Waals surface area contributed by atoms with E-state index in [-0.39, 0.29) is 0 Å². The molecule has 0 bridgehead atoms. The highest BCUT2D eigenvalue weighted by Gasteiger charge is 2.23. The molecule has 20 aromatic carbocycles. The lowest BCUT2D eigenvalue weighted by Crippen LogP contribution is -1.91. The summed E-state index contributed by atoms with van der Waals surface area (Å²) in [6, 6.07) is -57.0. The summed E-state index contributed by atoms with van der Waals surface area (Å²) in [6.45, 7) is 0. The zero-order valence-electron chi connectivity index (χ0n) is 111. The highest BCUT2D eigenvalue weighted by molar-refractivity contribution is 6.27. The van der Waals surface area contributed by atoms with Crippen molar-refractivity contribution in [2.45, 2.75) is 0 Å². The fourth-order valence-electron chi connectivity index (χ4n) is 12.9. The van der Waals surface area contributed by atoms with Crippen LogP contribution in [0, 0.1) is 0 Å². The van der Waals surface area contributed by atoms with Gasteiger partial charge in [-0.05, 0) is 229 Å². The minimum Gasteiger partial charge on any atom is -0.456 e. The maximum absolute atomic E-state index is 10.1. The summed E-state index contributed by atoms with van der Waals surface area (Å²) in [6.07, 6.45) is 0. The first kappa shape index (κ1) is 23.9. The number of benzene rings is 20. The van der Waals surface area contributed by atoms with Crippen LogP contribution in [-0.4, -0.2) is 0 Å². The lowest BCUT2D eigenvalue weighted by molar-refractivity contribution is 0.669. The Balaban J connectivity index is 0.000000186. The van der Waals surface area contributed by atoms with Crippen LogP contribution in [0.15, 0.2) is 371 Å². The number of hydrogen-bond donors (Lipinski definition) is 0. The van der Waals surface area contributed by atoms with Crippen molar-refractivity contribution in [3.63, 3.8) is 0 Å². The van der Waals surface area contributed by atoms with E-state index in [4.69, 9.17) is 56.8 Å². The largest absolute Gasteiger partial charge is 0.456 e. The van der Waals surface area contributed by atoms with Crippen molar-refractivity contribution in [3.05, 3.63) is 363 Å². The second-order valence-electron chi connectivity index (χ2n) is 22.5. The molecular weight excluding hydrogens is 1230 g/mol. The first-order valence-electron chi connectivity index (χ1n) is 60.3. The molecule has 0 saturated carbocycles. The quantitative estimate of drug-likeness (QED) is 0.123. The van der Waals surface area contributed by atoms with E-state index in [0.717, 1.165) is 0 Å². The van der Waals surface area contributed by atoms with Crippen molar-refractivity contribution >= 4 is 152 Å². The van der Waals surface area contributed by atoms with Gasteiger partial charge in [0.15, 0.2) is 0 Å². The summed E-state index contributed by atoms with van der Waals surface area (Å²) in [5, 5.41) is -15.3. The smallest absolute Gasteiger partial charge is 0.136 e. The van der Waals surface area contributed by atoms with Gasteiger partial charge in [0.25, 0.3) is 0 Å². The Morgan fingerprint density at radius 2 is 0.451 bits per heavy atom. The van der Waals surface area contributed by atoms with Gasteiger partial charge in [0.1, 0.15) is 22.3 Å². The molecule has 22 rings (SSSR count). The summed E-state index contributed by atoms with van der Waals surface area (Å²) in [5.74, 6) is 0. The summed E-state index contributed by atoms with van der Waals surface area (Å²) in [4.78, 5) is 0. The summed E-state index contributed by atoms with van der Waals surface area (Å²) < 4.78 is 558. The Morgan fingerprint density at radius 1 is 0.157 bits per heavy atom. The lowest BCUT2D eigenvalue weighted by Gasteiger charge is -2.18. The number of fused-ring (bicyclic) bond motifs is 20. The fraction of sp³-hybridized carbons (Fsp3) is 0. The van der Waals surface area contributed by atoms with Crippen LogP contribution in [0.1, 0.15) is 82.2 Å². The van der Waals surface area contributed by atoms with E-state index in [1.807, 2.05) is 0 Å². The van der Waals surface area contributed by atoms with Gasteiger partial charge in [0.2, 0.25) is 0 Å². The van der Waals surface area contributed by atoms with Crippen LogP contribution in [0.3, 0.4) is 0 Å². The van der Waals surface area contributed by atoms with Crippen molar-refractivity contribution in [1.82, 2.24) is 0 Å². The molecule has 2 aromatic heterocycles. The molecule has 2 heteroatoms. The van der Waals surface area contributed by atoms with Crippen molar-refractivity contribution in [2.24, 2.45) is 0 Å². The van der Waals surface area contributed by atoms with Gasteiger partial charge in [0, 0.05) is 21.5 Å². The average Bonchev–Trinajstić information content (AvgIpc) is 1.17. The molecule has 0 radical (unpaired) electrons. The molecule has 22 aromatic rings. The predicted molar refractivity (Wildman–Crippen MR) is 435 cm³/mol. The van der Waals surface area contributed by atoms with Crippen LogP contribution in [0.5, 0.6) is 0 Å². The Hall–Kier alpha value is -13.4. The standard InChI is InChI=1S/2C50H30O/c1-4-17-37-31(12-1)24-27-47-50(37)45-30-35(25-26-46(45)51-47)49-42-22-9-7-20-40(42)48(41-21-8-10-23-43(41)49)34-15-11-14-32(28-34)44-29-33-13-2-3-16-36(33)38-18-5-6-19-39(38)44;1-3-15-36-31(11-1)23-26-40-37(21-10-22-39(36)40)33-13-9-14-34(29-33)48-41-17-5-7-19-43(41)49(44-20-8-6-18-42(44)48)35-25-27-46-45(30-35)50-38-16-4-2-12-32(38)24-28-47(50)51-46/h2*1-30H/i2*1D,2D,3D,4D,5D,6D,7D,8D,9D,10D,11D,12D,13D,14D,15D,16D,17D,18D,19D,20D,21D,22D,23D,24D,25D,26D,27D,28D,29D,30D. The number of rotatable bonds is 6. The Kier molecular flexibility index (Phi) is 5.42. The fourth-order valence-corrected chi connectivity index (χ4v) is 12.9. The molecule has 2 nitrogen and oxygen atoms in total. The predicted octanol–water partition coefficient (Wildman–Crippen LogP) is 28.7. The van der Waals surface area contributed by atoms with Crippen LogP contribution in [0.25, 0.3) is 218 Å². The third-order valence-corrected chi connectivity index (χ3v) is 17.1. The molecular formula is C100H60O2. The molecule has 0 aliphatic carbocycles. The molecule has 0 unspecified atom stereocenters. The van der Waals surface area contributed by atoms with E-state index < -0.39 is 581 Å². The number of hydrogen-bond acceptors (Lipinski definition) is 2. The van der Waals surface area contributed by atoms with E-state index in [1.165, 1.54) is 0 Å². The van der Waals surface area contributed by atoms with Gasteiger partial charge in [-0.25, -0.2) is 0 Å². The van der Waals surface area contributed by atoms with Gasteiger partial charge in [-0.3, -0.25) is 0 Å². The van der Waals surface area contributed by atoms with Gasteiger partial charge in [0.05, 0.1) is 82.2 Å². The van der Waals surface area contributed by atoms with E-state index in [2.05, 4.69) is 0 Å².